The van der Waals surface area contributed by atoms with Crippen LogP contribution in [0.4, 0.5) is 17.6 Å². The van der Waals surface area contributed by atoms with E-state index in [1.54, 1.807) is 0 Å². The van der Waals surface area contributed by atoms with E-state index in [0.717, 1.165) is 62.1 Å². The Bertz CT molecular complexity index is 1140. The summed E-state index contributed by atoms with van der Waals surface area (Å²) in [6.45, 7) is 0.758. The van der Waals surface area contributed by atoms with Gasteiger partial charge in [0.2, 0.25) is 11.9 Å². The minimum Gasteiger partial charge on any atom is -0.352 e. The molecule has 3 aliphatic rings. The van der Waals surface area contributed by atoms with E-state index in [2.05, 4.69) is 26.9 Å². The quantitative estimate of drug-likeness (QED) is 0.455. The predicted molar refractivity (Wildman–Crippen MR) is 126 cm³/mol. The maximum absolute atomic E-state index is 13.2. The Hall–Kier alpha value is -3.14. The lowest BCUT2D eigenvalue weighted by Crippen LogP contribution is -2.49. The summed E-state index contributed by atoms with van der Waals surface area (Å²) >= 11 is 0. The van der Waals surface area contributed by atoms with Crippen molar-refractivity contribution in [3.8, 4) is 0 Å². The van der Waals surface area contributed by atoms with Crippen molar-refractivity contribution in [2.45, 2.75) is 75.4 Å². The molecule has 3 aromatic rings. The fourth-order valence-corrected chi connectivity index (χ4v) is 5.10. The highest BCUT2D eigenvalue weighted by Crippen LogP contribution is 2.39. The molecule has 0 radical (unpaired) electrons. The molecule has 0 spiro atoms. The van der Waals surface area contributed by atoms with E-state index in [4.69, 9.17) is 15.8 Å². The number of nitrogens with one attached hydrogen (secondary N) is 3. The predicted octanol–water partition coefficient (Wildman–Crippen LogP) is 2.43. The molecule has 0 aromatic carbocycles. The number of nitrogens with zero attached hydrogens (tertiary/aromatic N) is 5. The van der Waals surface area contributed by atoms with E-state index in [1.807, 2.05) is 27.7 Å². The molecule has 5 N–H and O–H groups in total. The summed E-state index contributed by atoms with van der Waals surface area (Å²) in [7, 11) is 0. The van der Waals surface area contributed by atoms with Crippen molar-refractivity contribution in [3.63, 3.8) is 0 Å². The Morgan fingerprint density at radius 2 is 2.00 bits per heavy atom. The Morgan fingerprint density at radius 1 is 1.15 bits per heavy atom. The van der Waals surface area contributed by atoms with Crippen molar-refractivity contribution >= 4 is 29.0 Å². The highest BCUT2D eigenvalue weighted by molar-refractivity contribution is 5.86. The number of aromatic amines is 1. The Morgan fingerprint density at radius 3 is 2.82 bits per heavy atom. The summed E-state index contributed by atoms with van der Waals surface area (Å²) in [5.41, 5.74) is 8.05. The highest BCUT2D eigenvalue weighted by atomic mass is 16.2. The van der Waals surface area contributed by atoms with Gasteiger partial charge in [-0.15, -0.1) is 5.10 Å². The lowest BCUT2D eigenvalue weighted by atomic mass is 9.91. The maximum Gasteiger partial charge on any atom is 0.246 e. The number of rotatable bonds is 6. The fourth-order valence-electron chi connectivity index (χ4n) is 5.10. The van der Waals surface area contributed by atoms with E-state index in [9.17, 15) is 4.79 Å². The third-order valence-electron chi connectivity index (χ3n) is 7.17. The molecule has 1 amide bonds. The molecule has 2 saturated carbocycles. The molecular weight excluding hydrogens is 418 g/mol. The van der Waals surface area contributed by atoms with E-state index >= 15 is 0 Å². The summed E-state index contributed by atoms with van der Waals surface area (Å²) in [6, 6.07) is 6.20. The number of H-pyrrole nitrogens is 1. The number of carbonyl (C=O) groups is 1. The van der Waals surface area contributed by atoms with Gasteiger partial charge in [-0.3, -0.25) is 9.89 Å². The van der Waals surface area contributed by atoms with Crippen molar-refractivity contribution in [1.82, 2.24) is 30.1 Å². The standard InChI is InChI=1S/C23H31N9O/c24-15-7-9-16(10-8-15)25-22(33)19-4-1-11-31(19)23-27-21(18-3-2-12-32(18)30-23)26-20-13-17(28-29-20)14-5-6-14/h2-3,12-16,19H,1,4-11,24H2,(H,25,33)(H2,26,27,28,29,30)/t15-,16-,19-/m0/s1. The molecular formula is C23H31N9O. The first-order valence-electron chi connectivity index (χ1n) is 12.1. The molecule has 3 fully saturated rings. The number of fused-ring (bicyclic) bond motifs is 1. The smallest absolute Gasteiger partial charge is 0.246 e. The summed E-state index contributed by atoms with van der Waals surface area (Å²) in [5, 5.41) is 18.9. The summed E-state index contributed by atoms with van der Waals surface area (Å²) in [5.74, 6) is 2.66. The van der Waals surface area contributed by atoms with Crippen LogP contribution in [0.25, 0.3) is 5.52 Å². The molecule has 174 valence electrons. The number of aromatic nitrogens is 5. The summed E-state index contributed by atoms with van der Waals surface area (Å²) in [4.78, 5) is 20.0. The number of hydrogen-bond acceptors (Lipinski definition) is 7. The van der Waals surface area contributed by atoms with Crippen LogP contribution in [0.15, 0.2) is 24.4 Å². The number of nitrogens with two attached hydrogens (primary N) is 1. The Balaban J connectivity index is 1.23. The monoisotopic (exact) mass is 449 g/mol. The van der Waals surface area contributed by atoms with Crippen LogP contribution in [0.3, 0.4) is 0 Å². The molecule has 0 bridgehead atoms. The number of amides is 1. The summed E-state index contributed by atoms with van der Waals surface area (Å²) in [6.07, 6.45) is 9.92. The average molecular weight is 450 g/mol. The van der Waals surface area contributed by atoms with Gasteiger partial charge in [0, 0.05) is 42.5 Å². The van der Waals surface area contributed by atoms with Crippen LogP contribution in [0.2, 0.25) is 0 Å². The molecule has 2 aliphatic carbocycles. The maximum atomic E-state index is 13.2. The first kappa shape index (κ1) is 20.5. The second-order valence-corrected chi connectivity index (χ2v) is 9.68. The summed E-state index contributed by atoms with van der Waals surface area (Å²) < 4.78 is 1.81. The molecule has 3 aromatic heterocycles. The number of anilines is 3. The van der Waals surface area contributed by atoms with Crippen LogP contribution in [-0.4, -0.2) is 55.4 Å². The van der Waals surface area contributed by atoms with E-state index < -0.39 is 0 Å². The zero-order chi connectivity index (χ0) is 22.4. The molecule has 1 aliphatic heterocycles. The van der Waals surface area contributed by atoms with Gasteiger partial charge in [-0.1, -0.05) is 0 Å². The molecule has 0 unspecified atom stereocenters. The van der Waals surface area contributed by atoms with Gasteiger partial charge in [-0.2, -0.15) is 10.1 Å². The normalized spacial score (nSPS) is 25.5. The van der Waals surface area contributed by atoms with Crippen LogP contribution in [0, 0.1) is 0 Å². The topological polar surface area (TPSA) is 129 Å². The first-order chi connectivity index (χ1) is 16.1. The largest absolute Gasteiger partial charge is 0.352 e. The van der Waals surface area contributed by atoms with Gasteiger partial charge in [0.05, 0.1) is 0 Å². The number of hydrogen-bond donors (Lipinski definition) is 4. The molecule has 4 heterocycles. The van der Waals surface area contributed by atoms with Gasteiger partial charge in [0.25, 0.3) is 0 Å². The molecule has 6 rings (SSSR count). The van der Waals surface area contributed by atoms with Crippen molar-refractivity contribution in [2.24, 2.45) is 5.73 Å². The molecule has 10 heteroatoms. The third-order valence-corrected chi connectivity index (χ3v) is 7.17. The van der Waals surface area contributed by atoms with Crippen LogP contribution >= 0.6 is 0 Å². The van der Waals surface area contributed by atoms with Crippen LogP contribution in [0.1, 0.15) is 63.0 Å². The van der Waals surface area contributed by atoms with Crippen molar-refractivity contribution in [3.05, 3.63) is 30.1 Å². The van der Waals surface area contributed by atoms with Gasteiger partial charge in [-0.05, 0) is 63.5 Å². The third kappa shape index (κ3) is 4.15. The zero-order valence-electron chi connectivity index (χ0n) is 18.7. The fraction of sp³-hybridized carbons (Fsp3) is 0.565. The molecule has 1 atom stereocenters. The lowest BCUT2D eigenvalue weighted by molar-refractivity contribution is -0.123. The molecule has 33 heavy (non-hydrogen) atoms. The van der Waals surface area contributed by atoms with Crippen molar-refractivity contribution in [2.75, 3.05) is 16.8 Å². The van der Waals surface area contributed by atoms with Crippen LogP contribution in [0.5, 0.6) is 0 Å². The van der Waals surface area contributed by atoms with E-state index in [1.165, 1.54) is 12.8 Å². The van der Waals surface area contributed by atoms with Gasteiger partial charge in [0.1, 0.15) is 11.6 Å². The van der Waals surface area contributed by atoms with Gasteiger partial charge >= 0.3 is 0 Å². The lowest BCUT2D eigenvalue weighted by Gasteiger charge is -2.30. The minimum absolute atomic E-state index is 0.0695. The average Bonchev–Trinajstić information content (AvgIpc) is 3.20. The van der Waals surface area contributed by atoms with Crippen molar-refractivity contribution < 1.29 is 4.79 Å². The molecule has 10 nitrogen and oxygen atoms in total. The zero-order valence-corrected chi connectivity index (χ0v) is 18.7. The van der Waals surface area contributed by atoms with E-state index in [-0.39, 0.29) is 24.0 Å². The Labute approximate surface area is 192 Å². The van der Waals surface area contributed by atoms with Crippen LogP contribution < -0.4 is 21.3 Å². The highest BCUT2D eigenvalue weighted by Gasteiger charge is 2.34. The molecule has 1 saturated heterocycles. The second-order valence-electron chi connectivity index (χ2n) is 9.68. The van der Waals surface area contributed by atoms with E-state index in [0.29, 0.717) is 17.7 Å². The SMILES string of the molecule is N[C@H]1CC[C@H](NC(=O)[C@@H]2CCCN2c2nc(Nc3cc(C4CC4)[nH]n3)c3cccn3n2)CC1. The van der Waals surface area contributed by atoms with Crippen LogP contribution in [-0.2, 0) is 4.79 Å². The van der Waals surface area contributed by atoms with Gasteiger partial charge in [0.15, 0.2) is 11.6 Å². The van der Waals surface area contributed by atoms with Gasteiger partial charge in [-0.25, -0.2) is 4.52 Å². The Kier molecular flexibility index (Phi) is 5.17. The van der Waals surface area contributed by atoms with Crippen molar-refractivity contribution in [1.29, 1.82) is 0 Å². The second kappa shape index (κ2) is 8.33. The number of carbonyl (C=O) groups excluding carboxylic acids is 1. The first-order valence-corrected chi connectivity index (χ1v) is 12.1. The van der Waals surface area contributed by atoms with Gasteiger partial charge < -0.3 is 21.3 Å². The minimum atomic E-state index is -0.256.